The zero-order valence-electron chi connectivity index (χ0n) is 13.1. The summed E-state index contributed by atoms with van der Waals surface area (Å²) in [5, 5.41) is 0. The Balaban J connectivity index is 3.19. The molecule has 0 heterocycles. The largest absolute Gasteiger partial charge is 0.220 e. The van der Waals surface area contributed by atoms with E-state index in [0.29, 0.717) is 0 Å². The van der Waals surface area contributed by atoms with Gasteiger partial charge in [-0.1, -0.05) is 66.2 Å². The van der Waals surface area contributed by atoms with Crippen LogP contribution in [-0.2, 0) is 0 Å². The second-order valence-electron chi connectivity index (χ2n) is 6.40. The summed E-state index contributed by atoms with van der Waals surface area (Å²) in [6.07, 6.45) is 10.6. The second-order valence-corrected chi connectivity index (χ2v) is 6.87. The van der Waals surface area contributed by atoms with Gasteiger partial charge in [-0.05, 0) is 36.5 Å². The molecule has 2 heteroatoms. The lowest BCUT2D eigenvalue weighted by molar-refractivity contribution is 0.404. The highest BCUT2D eigenvalue weighted by Crippen LogP contribution is 2.11. The lowest BCUT2D eigenvalue weighted by Gasteiger charge is -2.13. The molecule has 1 nitrogen and oxygen atoms in total. The average molecular weight is 276 g/mol. The van der Waals surface area contributed by atoms with E-state index in [9.17, 15) is 0 Å². The summed E-state index contributed by atoms with van der Waals surface area (Å²) in [7, 11) is 0. The third-order valence-corrected chi connectivity index (χ3v) is 3.70. The Morgan fingerprint density at radius 2 is 1.06 bits per heavy atom. The summed E-state index contributed by atoms with van der Waals surface area (Å²) in [6, 6.07) is 0. The van der Waals surface area contributed by atoms with Crippen LogP contribution in [-0.4, -0.2) is 17.5 Å². The molecule has 0 rings (SSSR count). The number of unbranched alkanes of at least 4 members (excludes halogenated alkanes) is 4. The topological polar surface area (TPSA) is 3.24 Å². The number of hydrogen-bond donors (Lipinski definition) is 0. The van der Waals surface area contributed by atoms with Crippen LogP contribution in [0, 0.1) is 11.8 Å². The van der Waals surface area contributed by atoms with Crippen molar-refractivity contribution in [2.45, 2.75) is 79.1 Å². The van der Waals surface area contributed by atoms with Gasteiger partial charge in [-0.15, -0.1) is 0 Å². The van der Waals surface area contributed by atoms with Gasteiger partial charge in [-0.3, -0.25) is 0 Å². The molecule has 0 saturated carbocycles. The number of nitrogens with zero attached hydrogens (tertiary/aromatic N) is 1. The van der Waals surface area contributed by atoms with Crippen molar-refractivity contribution >= 4 is 11.8 Å². The van der Waals surface area contributed by atoms with E-state index in [0.717, 1.165) is 24.9 Å². The number of rotatable bonds is 12. The molecule has 0 atom stereocenters. The van der Waals surface area contributed by atoms with Crippen LogP contribution in [0.4, 0.5) is 0 Å². The zero-order valence-corrected chi connectivity index (χ0v) is 13.8. The normalized spacial score (nSPS) is 12.0. The summed E-state index contributed by atoms with van der Waals surface area (Å²) in [6.45, 7) is 11.3. The van der Waals surface area contributed by atoms with E-state index in [1.54, 1.807) is 0 Å². The molecule has 0 fully saturated rings. The molecular weight excluding hydrogens is 242 g/mol. The summed E-state index contributed by atoms with van der Waals surface area (Å²) in [4.78, 5) is 0. The third-order valence-electron chi connectivity index (χ3n) is 3.36. The molecule has 0 spiro atoms. The van der Waals surface area contributed by atoms with Gasteiger partial charge >= 0.3 is 0 Å². The summed E-state index contributed by atoms with van der Waals surface area (Å²) in [5.74, 6) is 1.69. The van der Waals surface area contributed by atoms with Crippen molar-refractivity contribution in [3.8, 4) is 0 Å². The van der Waals surface area contributed by atoms with Crippen LogP contribution in [0.25, 0.3) is 0 Å². The van der Waals surface area contributed by atoms with Gasteiger partial charge in [0, 0.05) is 13.1 Å². The highest BCUT2D eigenvalue weighted by atomic mass is 35.5. The lowest BCUT2D eigenvalue weighted by atomic mass is 10.1. The molecule has 0 bridgehead atoms. The zero-order chi connectivity index (χ0) is 13.8. The molecule has 0 aliphatic carbocycles. The Bertz CT molecular complexity index is 150. The minimum absolute atomic E-state index is 0.845. The first-order valence-corrected chi connectivity index (χ1v) is 8.27. The van der Waals surface area contributed by atoms with Gasteiger partial charge in [0.05, 0.1) is 0 Å². The molecule has 0 saturated heterocycles. The predicted octanol–water partition coefficient (Wildman–Crippen LogP) is 5.88. The van der Waals surface area contributed by atoms with Crippen LogP contribution in [0.2, 0.25) is 0 Å². The fraction of sp³-hybridized carbons (Fsp3) is 1.00. The van der Waals surface area contributed by atoms with Gasteiger partial charge in [0.25, 0.3) is 0 Å². The minimum atomic E-state index is 0.845. The Morgan fingerprint density at radius 3 is 1.39 bits per heavy atom. The van der Waals surface area contributed by atoms with Gasteiger partial charge in [-0.2, -0.15) is 0 Å². The monoisotopic (exact) mass is 275 g/mol. The van der Waals surface area contributed by atoms with E-state index >= 15 is 0 Å². The van der Waals surface area contributed by atoms with Crippen molar-refractivity contribution in [3.05, 3.63) is 0 Å². The van der Waals surface area contributed by atoms with E-state index in [4.69, 9.17) is 11.8 Å². The van der Waals surface area contributed by atoms with Gasteiger partial charge in [0.2, 0.25) is 0 Å². The van der Waals surface area contributed by atoms with Crippen LogP contribution in [0.5, 0.6) is 0 Å². The van der Waals surface area contributed by atoms with E-state index in [-0.39, 0.29) is 0 Å². The standard InChI is InChI=1S/C16H34ClN/c1-15(2)11-7-5-9-13-18(17)14-10-6-8-12-16(3)4/h15-16H,5-14H2,1-4H3. The van der Waals surface area contributed by atoms with Crippen molar-refractivity contribution < 1.29 is 0 Å². The highest BCUT2D eigenvalue weighted by molar-refractivity contribution is 6.13. The van der Waals surface area contributed by atoms with E-state index < -0.39 is 0 Å². The van der Waals surface area contributed by atoms with E-state index in [1.165, 1.54) is 51.4 Å². The maximum absolute atomic E-state index is 6.20. The number of halogens is 1. The second kappa shape index (κ2) is 12.3. The molecule has 0 radical (unpaired) electrons. The summed E-state index contributed by atoms with van der Waals surface area (Å²) < 4.78 is 1.99. The summed E-state index contributed by atoms with van der Waals surface area (Å²) in [5.41, 5.74) is 0. The van der Waals surface area contributed by atoms with Gasteiger partial charge in [0.1, 0.15) is 0 Å². The van der Waals surface area contributed by atoms with Crippen molar-refractivity contribution in [2.24, 2.45) is 11.8 Å². The van der Waals surface area contributed by atoms with Crippen LogP contribution in [0.3, 0.4) is 0 Å². The molecule has 0 amide bonds. The van der Waals surface area contributed by atoms with Gasteiger partial charge in [0.15, 0.2) is 0 Å². The molecule has 110 valence electrons. The van der Waals surface area contributed by atoms with Crippen molar-refractivity contribution in [3.63, 3.8) is 0 Å². The Labute approximate surface area is 120 Å². The lowest BCUT2D eigenvalue weighted by Crippen LogP contribution is -2.15. The van der Waals surface area contributed by atoms with Crippen LogP contribution in [0.1, 0.15) is 79.1 Å². The minimum Gasteiger partial charge on any atom is -0.220 e. The van der Waals surface area contributed by atoms with Crippen LogP contribution in [0.15, 0.2) is 0 Å². The van der Waals surface area contributed by atoms with Crippen LogP contribution < -0.4 is 0 Å². The van der Waals surface area contributed by atoms with E-state index in [2.05, 4.69) is 27.7 Å². The van der Waals surface area contributed by atoms with Crippen molar-refractivity contribution in [1.82, 2.24) is 4.42 Å². The molecule has 0 aliphatic rings. The van der Waals surface area contributed by atoms with Crippen molar-refractivity contribution in [2.75, 3.05) is 13.1 Å². The average Bonchev–Trinajstić information content (AvgIpc) is 2.27. The SMILES string of the molecule is CC(C)CCCCCN(Cl)CCCCCC(C)C. The first-order valence-electron chi connectivity index (χ1n) is 7.93. The van der Waals surface area contributed by atoms with Gasteiger partial charge < -0.3 is 0 Å². The fourth-order valence-electron chi connectivity index (χ4n) is 2.14. The maximum Gasteiger partial charge on any atom is 0.0139 e. The molecule has 0 aromatic heterocycles. The Kier molecular flexibility index (Phi) is 12.5. The number of hydrogen-bond acceptors (Lipinski definition) is 1. The first kappa shape index (κ1) is 18.2. The highest BCUT2D eigenvalue weighted by Gasteiger charge is 2.01. The van der Waals surface area contributed by atoms with Crippen LogP contribution >= 0.6 is 11.8 Å². The summed E-state index contributed by atoms with van der Waals surface area (Å²) >= 11 is 6.20. The van der Waals surface area contributed by atoms with Crippen molar-refractivity contribution in [1.29, 1.82) is 0 Å². The van der Waals surface area contributed by atoms with Gasteiger partial charge in [-0.25, -0.2) is 4.42 Å². The molecular formula is C16H34ClN. The maximum atomic E-state index is 6.20. The molecule has 0 N–H and O–H groups in total. The first-order chi connectivity index (χ1) is 8.52. The third kappa shape index (κ3) is 14.3. The molecule has 18 heavy (non-hydrogen) atoms. The smallest absolute Gasteiger partial charge is 0.0139 e. The Hall–Kier alpha value is 0.250. The predicted molar refractivity (Wildman–Crippen MR) is 84.0 cm³/mol. The molecule has 0 aromatic carbocycles. The Morgan fingerprint density at radius 1 is 0.667 bits per heavy atom. The quantitative estimate of drug-likeness (QED) is 0.318. The molecule has 0 aromatic rings. The van der Waals surface area contributed by atoms with E-state index in [1.807, 2.05) is 4.42 Å². The molecule has 0 unspecified atom stereocenters. The molecule has 0 aliphatic heterocycles. The fourth-order valence-corrected chi connectivity index (χ4v) is 2.38.